The zero-order valence-electron chi connectivity index (χ0n) is 17.1. The van der Waals surface area contributed by atoms with Crippen molar-refractivity contribution in [2.45, 2.75) is 45.4 Å². The minimum absolute atomic E-state index is 0.0423. The Labute approximate surface area is 167 Å². The zero-order chi connectivity index (χ0) is 21.3. The number of fused-ring (bicyclic) bond motifs is 4. The number of rotatable bonds is 2. The second kappa shape index (κ2) is 6.02. The first kappa shape index (κ1) is 19.4. The fourth-order valence-electron chi connectivity index (χ4n) is 5.37. The molecular weight excluding hydrogens is 376 g/mol. The quantitative estimate of drug-likeness (QED) is 0.575. The highest BCUT2D eigenvalue weighted by molar-refractivity contribution is 6.19. The summed E-state index contributed by atoms with van der Waals surface area (Å²) in [4.78, 5) is 25.5. The third kappa shape index (κ3) is 2.30. The summed E-state index contributed by atoms with van der Waals surface area (Å²) in [7, 11) is 2.63. The van der Waals surface area contributed by atoms with E-state index in [1.807, 2.05) is 6.92 Å². The molecule has 0 amide bonds. The molecule has 0 saturated heterocycles. The van der Waals surface area contributed by atoms with Crippen molar-refractivity contribution >= 4 is 22.7 Å². The fraction of sp³-hybridized carbons (Fsp3) is 0.455. The summed E-state index contributed by atoms with van der Waals surface area (Å²) in [5.74, 6) is -1.73. The van der Waals surface area contributed by atoms with E-state index in [-0.39, 0.29) is 39.0 Å². The Bertz CT molecular complexity index is 1100. The van der Waals surface area contributed by atoms with Gasteiger partial charge in [-0.25, -0.2) is 4.79 Å². The van der Waals surface area contributed by atoms with Crippen LogP contribution in [0, 0.1) is 5.41 Å². The van der Waals surface area contributed by atoms with Crippen LogP contribution in [-0.4, -0.2) is 36.2 Å². The standard InChI is InChI=1S/C22H24O7/c1-21(2)7-6-8-22(3)13-12(15(24)18(27-4)19(21)22)14(23)11-10(20(26)28-5)9-29-17(11)16(13)25/h9,23,25H,6-8H2,1-5H3/t22-/m1/s1. The van der Waals surface area contributed by atoms with Gasteiger partial charge < -0.3 is 24.1 Å². The predicted octanol–water partition coefficient (Wildman–Crippen LogP) is 4.20. The molecule has 1 fully saturated rings. The van der Waals surface area contributed by atoms with E-state index < -0.39 is 22.9 Å². The van der Waals surface area contributed by atoms with Crippen LogP contribution < -0.4 is 0 Å². The van der Waals surface area contributed by atoms with Gasteiger partial charge in [0.1, 0.15) is 17.6 Å². The van der Waals surface area contributed by atoms with Crippen molar-refractivity contribution in [2.75, 3.05) is 14.2 Å². The van der Waals surface area contributed by atoms with Gasteiger partial charge in [0, 0.05) is 11.0 Å². The first-order chi connectivity index (χ1) is 13.6. The number of phenolic OH excluding ortho intramolecular Hbond substituents is 2. The largest absolute Gasteiger partial charge is 0.506 e. The van der Waals surface area contributed by atoms with Crippen LogP contribution in [-0.2, 0) is 14.9 Å². The van der Waals surface area contributed by atoms with Crippen LogP contribution in [0.25, 0.3) is 11.0 Å². The van der Waals surface area contributed by atoms with Gasteiger partial charge in [0.05, 0.1) is 25.2 Å². The molecule has 2 aromatic rings. The van der Waals surface area contributed by atoms with Crippen molar-refractivity contribution in [3.63, 3.8) is 0 Å². The van der Waals surface area contributed by atoms with Crippen LogP contribution in [0.4, 0.5) is 0 Å². The second-order valence-corrected chi connectivity index (χ2v) is 8.60. The number of phenols is 2. The van der Waals surface area contributed by atoms with Gasteiger partial charge in [0.25, 0.3) is 0 Å². The SMILES string of the molecule is COC(=O)c1coc2c(O)c3c(c(O)c12)C(=O)C(OC)=C1C(C)(C)CCC[C@@]13C. The molecular formula is C22H24O7. The van der Waals surface area contributed by atoms with E-state index in [2.05, 4.69) is 13.8 Å². The average Bonchev–Trinajstić information content (AvgIpc) is 3.11. The smallest absolute Gasteiger partial charge is 0.341 e. The molecule has 0 radical (unpaired) electrons. The van der Waals surface area contributed by atoms with Crippen molar-refractivity contribution in [1.82, 2.24) is 0 Å². The predicted molar refractivity (Wildman–Crippen MR) is 104 cm³/mol. The summed E-state index contributed by atoms with van der Waals surface area (Å²) in [5, 5.41) is 22.2. The number of allylic oxidation sites excluding steroid dienone is 2. The van der Waals surface area contributed by atoms with E-state index in [1.54, 1.807) is 0 Å². The molecule has 29 heavy (non-hydrogen) atoms. The number of ketones is 1. The lowest BCUT2D eigenvalue weighted by molar-refractivity contribution is 0.0601. The minimum atomic E-state index is -0.741. The van der Waals surface area contributed by atoms with E-state index in [9.17, 15) is 19.8 Å². The van der Waals surface area contributed by atoms with Crippen molar-refractivity contribution in [2.24, 2.45) is 5.41 Å². The maximum atomic E-state index is 13.4. The second-order valence-electron chi connectivity index (χ2n) is 8.60. The van der Waals surface area contributed by atoms with Crippen LogP contribution in [0.5, 0.6) is 11.5 Å². The molecule has 2 aliphatic rings. The average molecular weight is 400 g/mol. The maximum absolute atomic E-state index is 13.4. The normalized spacial score (nSPS) is 23.0. The Hall–Kier alpha value is -2.96. The minimum Gasteiger partial charge on any atom is -0.506 e. The van der Waals surface area contributed by atoms with E-state index in [0.717, 1.165) is 24.7 Å². The topological polar surface area (TPSA) is 106 Å². The van der Waals surface area contributed by atoms with Crippen molar-refractivity contribution in [3.05, 3.63) is 34.3 Å². The number of Topliss-reactive ketones (excluding diaryl/α,β-unsaturated/α-hetero) is 1. The molecule has 0 unspecified atom stereocenters. The van der Waals surface area contributed by atoms with Crippen LogP contribution in [0.2, 0.25) is 0 Å². The van der Waals surface area contributed by atoms with Gasteiger partial charge in [-0.15, -0.1) is 0 Å². The van der Waals surface area contributed by atoms with Crippen LogP contribution in [0.3, 0.4) is 0 Å². The number of aromatic hydroxyl groups is 2. The molecule has 1 aromatic heterocycles. The number of hydrogen-bond donors (Lipinski definition) is 2. The number of furan rings is 1. The summed E-state index contributed by atoms with van der Waals surface area (Å²) in [6.45, 7) is 6.05. The lowest BCUT2D eigenvalue weighted by atomic mass is 9.54. The molecule has 1 saturated carbocycles. The third-order valence-electron chi connectivity index (χ3n) is 6.50. The first-order valence-corrected chi connectivity index (χ1v) is 9.52. The number of ether oxygens (including phenoxy) is 2. The summed E-state index contributed by atoms with van der Waals surface area (Å²) >= 11 is 0. The summed E-state index contributed by atoms with van der Waals surface area (Å²) in [6.07, 6.45) is 3.53. The Morgan fingerprint density at radius 3 is 2.45 bits per heavy atom. The summed E-state index contributed by atoms with van der Waals surface area (Å²) in [5.41, 5.74) is -0.0878. The van der Waals surface area contributed by atoms with Gasteiger partial charge in [-0.05, 0) is 23.8 Å². The van der Waals surface area contributed by atoms with Gasteiger partial charge in [-0.3, -0.25) is 4.79 Å². The van der Waals surface area contributed by atoms with E-state index in [4.69, 9.17) is 13.9 Å². The van der Waals surface area contributed by atoms with Gasteiger partial charge in [0.2, 0.25) is 5.78 Å². The molecule has 0 bridgehead atoms. The molecule has 154 valence electrons. The molecule has 7 nitrogen and oxygen atoms in total. The maximum Gasteiger partial charge on any atom is 0.341 e. The molecule has 1 atom stereocenters. The third-order valence-corrected chi connectivity index (χ3v) is 6.50. The lowest BCUT2D eigenvalue weighted by Gasteiger charge is -2.49. The number of carbonyl (C=O) groups excluding carboxylic acids is 2. The highest BCUT2D eigenvalue weighted by Gasteiger charge is 2.53. The van der Waals surface area contributed by atoms with Gasteiger partial charge in [-0.2, -0.15) is 0 Å². The van der Waals surface area contributed by atoms with Gasteiger partial charge in [0.15, 0.2) is 17.1 Å². The van der Waals surface area contributed by atoms with Crippen molar-refractivity contribution in [1.29, 1.82) is 0 Å². The van der Waals surface area contributed by atoms with Gasteiger partial charge >= 0.3 is 5.97 Å². The highest BCUT2D eigenvalue weighted by Crippen LogP contribution is 2.61. The number of hydrogen-bond acceptors (Lipinski definition) is 7. The summed E-state index contributed by atoms with van der Waals surface area (Å²) < 4.78 is 15.7. The number of esters is 1. The van der Waals surface area contributed by atoms with Crippen LogP contribution in [0.1, 0.15) is 66.3 Å². The fourth-order valence-corrected chi connectivity index (χ4v) is 5.37. The summed E-state index contributed by atoms with van der Waals surface area (Å²) in [6, 6.07) is 0. The zero-order valence-corrected chi connectivity index (χ0v) is 17.1. The molecule has 2 aliphatic carbocycles. The molecule has 7 heteroatoms. The Morgan fingerprint density at radius 2 is 1.83 bits per heavy atom. The van der Waals surface area contributed by atoms with Crippen molar-refractivity contribution < 1.29 is 33.7 Å². The monoisotopic (exact) mass is 400 g/mol. The Balaban J connectivity index is 2.16. The van der Waals surface area contributed by atoms with Gasteiger partial charge in [-0.1, -0.05) is 27.2 Å². The molecule has 2 N–H and O–H groups in total. The first-order valence-electron chi connectivity index (χ1n) is 9.52. The number of carbonyl (C=O) groups is 2. The highest BCUT2D eigenvalue weighted by atomic mass is 16.5. The van der Waals surface area contributed by atoms with Crippen LogP contribution in [0.15, 0.2) is 22.0 Å². The Kier molecular flexibility index (Phi) is 4.02. The van der Waals surface area contributed by atoms with Crippen LogP contribution >= 0.6 is 0 Å². The van der Waals surface area contributed by atoms with E-state index in [1.165, 1.54) is 14.2 Å². The Morgan fingerprint density at radius 1 is 1.14 bits per heavy atom. The number of methoxy groups -OCH3 is 2. The molecule has 1 heterocycles. The van der Waals surface area contributed by atoms with E-state index >= 15 is 0 Å². The van der Waals surface area contributed by atoms with Crippen molar-refractivity contribution in [3.8, 4) is 11.5 Å². The number of benzene rings is 1. The molecule has 0 aliphatic heterocycles. The molecule has 0 spiro atoms. The molecule has 1 aromatic carbocycles. The van der Waals surface area contributed by atoms with E-state index in [0.29, 0.717) is 12.0 Å². The lowest BCUT2D eigenvalue weighted by Crippen LogP contribution is -2.43. The molecule has 4 rings (SSSR count).